The summed E-state index contributed by atoms with van der Waals surface area (Å²) in [6, 6.07) is 0. The normalized spacial score (nSPS) is 31.0. The third-order valence-electron chi connectivity index (χ3n) is 7.01. The molecule has 162 valence electrons. The molecule has 0 N–H and O–H groups in total. The van der Waals surface area contributed by atoms with Gasteiger partial charge in [-0.15, -0.1) is 11.6 Å². The zero-order valence-corrected chi connectivity index (χ0v) is 18.3. The second-order valence-corrected chi connectivity index (χ2v) is 9.37. The van der Waals surface area contributed by atoms with Crippen molar-refractivity contribution in [2.24, 2.45) is 17.8 Å². The Bertz CT molecular complexity index is 633. The van der Waals surface area contributed by atoms with E-state index >= 15 is 0 Å². The summed E-state index contributed by atoms with van der Waals surface area (Å²) >= 11 is 6.64. The van der Waals surface area contributed by atoms with Crippen LogP contribution in [0.4, 0.5) is 0 Å². The van der Waals surface area contributed by atoms with Gasteiger partial charge in [0.05, 0.1) is 0 Å². The molecular weight excluding hydrogens is 390 g/mol. The molecule has 29 heavy (non-hydrogen) atoms. The minimum Gasteiger partial charge on any atom is -0.342 e. The SMILES string of the molecule is C=CC(=O)N1CCN(C(=O)CCN2CC(C3CCCCC3Cl)C(C)CC2=O)CC1. The minimum absolute atomic E-state index is 0.0616. The fraction of sp³-hybridized carbons (Fsp3) is 0.773. The molecule has 0 aromatic rings. The summed E-state index contributed by atoms with van der Waals surface area (Å²) in [7, 11) is 0. The van der Waals surface area contributed by atoms with Crippen molar-refractivity contribution in [3.8, 4) is 0 Å². The summed E-state index contributed by atoms with van der Waals surface area (Å²) in [5, 5.41) is 0.211. The second-order valence-electron chi connectivity index (χ2n) is 8.81. The third kappa shape index (κ3) is 5.33. The highest BCUT2D eigenvalue weighted by atomic mass is 35.5. The first-order valence-corrected chi connectivity index (χ1v) is 11.4. The molecule has 2 aliphatic heterocycles. The summed E-state index contributed by atoms with van der Waals surface area (Å²) in [5.74, 6) is 1.39. The van der Waals surface area contributed by atoms with Crippen LogP contribution >= 0.6 is 11.6 Å². The monoisotopic (exact) mass is 423 g/mol. The lowest BCUT2D eigenvalue weighted by Crippen LogP contribution is -2.51. The van der Waals surface area contributed by atoms with E-state index in [1.54, 1.807) is 9.80 Å². The molecular formula is C22H34ClN3O3. The zero-order valence-electron chi connectivity index (χ0n) is 17.5. The van der Waals surface area contributed by atoms with Gasteiger partial charge in [0.25, 0.3) is 0 Å². The molecule has 0 bridgehead atoms. The largest absolute Gasteiger partial charge is 0.342 e. The first kappa shape index (κ1) is 22.1. The van der Waals surface area contributed by atoms with Gasteiger partial charge < -0.3 is 14.7 Å². The van der Waals surface area contributed by atoms with Gasteiger partial charge >= 0.3 is 0 Å². The lowest BCUT2D eigenvalue weighted by Gasteiger charge is -2.43. The third-order valence-corrected chi connectivity index (χ3v) is 7.55. The number of hydrogen-bond donors (Lipinski definition) is 0. The van der Waals surface area contributed by atoms with Crippen LogP contribution in [0.15, 0.2) is 12.7 Å². The number of piperidine rings is 1. The molecule has 0 radical (unpaired) electrons. The van der Waals surface area contributed by atoms with E-state index in [9.17, 15) is 14.4 Å². The smallest absolute Gasteiger partial charge is 0.246 e. The highest BCUT2D eigenvalue weighted by Crippen LogP contribution is 2.40. The number of amides is 3. The van der Waals surface area contributed by atoms with Gasteiger partial charge in [0, 0.05) is 57.5 Å². The van der Waals surface area contributed by atoms with Gasteiger partial charge in [-0.05, 0) is 36.7 Å². The molecule has 2 heterocycles. The predicted molar refractivity (Wildman–Crippen MR) is 113 cm³/mol. The number of carbonyl (C=O) groups excluding carboxylic acids is 3. The minimum atomic E-state index is -0.0866. The number of carbonyl (C=O) groups is 3. The summed E-state index contributed by atoms with van der Waals surface area (Å²) in [4.78, 5) is 42.3. The molecule has 6 nitrogen and oxygen atoms in total. The number of nitrogens with zero attached hydrogens (tertiary/aromatic N) is 3. The van der Waals surface area contributed by atoms with Crippen LogP contribution in [0.5, 0.6) is 0 Å². The van der Waals surface area contributed by atoms with Crippen LogP contribution in [0, 0.1) is 17.8 Å². The molecule has 2 saturated heterocycles. The van der Waals surface area contributed by atoms with Crippen molar-refractivity contribution in [1.29, 1.82) is 0 Å². The Hall–Kier alpha value is -1.56. The highest BCUT2D eigenvalue weighted by Gasteiger charge is 2.39. The Morgan fingerprint density at radius 1 is 1.10 bits per heavy atom. The van der Waals surface area contributed by atoms with E-state index in [-0.39, 0.29) is 23.1 Å². The van der Waals surface area contributed by atoms with Gasteiger partial charge in [-0.25, -0.2) is 0 Å². The van der Waals surface area contributed by atoms with Crippen LogP contribution in [0.25, 0.3) is 0 Å². The quantitative estimate of drug-likeness (QED) is 0.504. The Morgan fingerprint density at radius 2 is 1.76 bits per heavy atom. The molecule has 3 aliphatic rings. The Balaban J connectivity index is 1.50. The zero-order chi connectivity index (χ0) is 21.0. The Kier molecular flexibility index (Phi) is 7.60. The van der Waals surface area contributed by atoms with Crippen molar-refractivity contribution in [2.75, 3.05) is 39.3 Å². The highest BCUT2D eigenvalue weighted by molar-refractivity contribution is 6.20. The number of alkyl halides is 1. The fourth-order valence-electron chi connectivity index (χ4n) is 5.16. The van der Waals surface area contributed by atoms with E-state index in [2.05, 4.69) is 13.5 Å². The van der Waals surface area contributed by atoms with E-state index in [0.29, 0.717) is 63.3 Å². The number of likely N-dealkylation sites (tertiary alicyclic amines) is 1. The molecule has 0 aromatic heterocycles. The summed E-state index contributed by atoms with van der Waals surface area (Å²) < 4.78 is 0. The van der Waals surface area contributed by atoms with E-state index in [1.165, 1.54) is 18.9 Å². The van der Waals surface area contributed by atoms with Gasteiger partial charge in [-0.1, -0.05) is 26.3 Å². The summed E-state index contributed by atoms with van der Waals surface area (Å²) in [5.41, 5.74) is 0. The predicted octanol–water partition coefficient (Wildman–Crippen LogP) is 2.52. The number of rotatable bonds is 5. The van der Waals surface area contributed by atoms with Crippen molar-refractivity contribution < 1.29 is 14.4 Å². The molecule has 4 atom stereocenters. The molecule has 1 aliphatic carbocycles. The van der Waals surface area contributed by atoms with E-state index < -0.39 is 0 Å². The van der Waals surface area contributed by atoms with Gasteiger partial charge in [-0.3, -0.25) is 14.4 Å². The van der Waals surface area contributed by atoms with E-state index in [1.807, 2.05) is 4.90 Å². The van der Waals surface area contributed by atoms with Gasteiger partial charge in [0.15, 0.2) is 0 Å². The van der Waals surface area contributed by atoms with Crippen molar-refractivity contribution in [1.82, 2.24) is 14.7 Å². The van der Waals surface area contributed by atoms with Crippen molar-refractivity contribution >= 4 is 29.3 Å². The van der Waals surface area contributed by atoms with Crippen LogP contribution < -0.4 is 0 Å². The van der Waals surface area contributed by atoms with Crippen molar-refractivity contribution in [3.05, 3.63) is 12.7 Å². The van der Waals surface area contributed by atoms with E-state index in [0.717, 1.165) is 19.4 Å². The van der Waals surface area contributed by atoms with Crippen molar-refractivity contribution in [2.45, 2.75) is 50.8 Å². The molecule has 3 fully saturated rings. The number of hydrogen-bond acceptors (Lipinski definition) is 3. The van der Waals surface area contributed by atoms with Crippen LogP contribution in [0.1, 0.15) is 45.4 Å². The van der Waals surface area contributed by atoms with Crippen LogP contribution in [0.2, 0.25) is 0 Å². The fourth-order valence-corrected chi connectivity index (χ4v) is 5.62. The van der Waals surface area contributed by atoms with E-state index in [4.69, 9.17) is 11.6 Å². The van der Waals surface area contributed by atoms with Crippen LogP contribution in [0.3, 0.4) is 0 Å². The van der Waals surface area contributed by atoms with Crippen molar-refractivity contribution in [3.63, 3.8) is 0 Å². The van der Waals surface area contributed by atoms with Gasteiger partial charge in [-0.2, -0.15) is 0 Å². The molecule has 0 spiro atoms. The summed E-state index contributed by atoms with van der Waals surface area (Å²) in [6.07, 6.45) is 6.87. The average Bonchev–Trinajstić information content (AvgIpc) is 2.73. The lowest BCUT2D eigenvalue weighted by molar-refractivity contribution is -0.141. The lowest BCUT2D eigenvalue weighted by atomic mass is 9.71. The standard InChI is InChI=1S/C22H34ClN3O3/c1-3-20(27)24-10-12-25(13-11-24)21(28)8-9-26-15-18(16(2)14-22(26)29)17-6-4-5-7-19(17)23/h3,16-19H,1,4-15H2,2H3. The molecule has 0 aromatic carbocycles. The van der Waals surface area contributed by atoms with Crippen LogP contribution in [-0.4, -0.2) is 77.1 Å². The first-order chi connectivity index (χ1) is 13.9. The van der Waals surface area contributed by atoms with Gasteiger partial charge in [0.1, 0.15) is 0 Å². The Morgan fingerprint density at radius 3 is 2.41 bits per heavy atom. The average molecular weight is 424 g/mol. The molecule has 3 amide bonds. The molecule has 1 saturated carbocycles. The summed E-state index contributed by atoms with van der Waals surface area (Å²) in [6.45, 7) is 9.05. The maximum Gasteiger partial charge on any atom is 0.246 e. The molecule has 4 unspecified atom stereocenters. The number of piperazine rings is 1. The second kappa shape index (κ2) is 9.96. The number of halogens is 1. The molecule has 7 heteroatoms. The molecule has 3 rings (SSSR count). The first-order valence-electron chi connectivity index (χ1n) is 11.0. The van der Waals surface area contributed by atoms with Crippen LogP contribution in [-0.2, 0) is 14.4 Å². The Labute approximate surface area is 179 Å². The maximum atomic E-state index is 12.6. The maximum absolute atomic E-state index is 12.6. The topological polar surface area (TPSA) is 60.9 Å². The van der Waals surface area contributed by atoms with Gasteiger partial charge in [0.2, 0.25) is 17.7 Å².